The van der Waals surface area contributed by atoms with Crippen molar-refractivity contribution in [3.63, 3.8) is 0 Å². The molecule has 92 valence electrons. The van der Waals surface area contributed by atoms with E-state index in [1.807, 2.05) is 0 Å². The molecule has 1 rings (SSSR count). The Morgan fingerprint density at radius 1 is 1.62 bits per heavy atom. The topological polar surface area (TPSA) is 48.3 Å². The second kappa shape index (κ2) is 7.61. The van der Waals surface area contributed by atoms with Crippen LogP contribution in [-0.2, 0) is 4.74 Å². The molecule has 2 atom stereocenters. The Balaban J connectivity index is 2.23. The molecule has 0 aromatic carbocycles. The van der Waals surface area contributed by atoms with E-state index in [1.165, 1.54) is 6.42 Å². The summed E-state index contributed by atoms with van der Waals surface area (Å²) in [4.78, 5) is 2.36. The normalized spacial score (nSPS) is 23.2. The van der Waals surface area contributed by atoms with Crippen LogP contribution in [0.15, 0.2) is 0 Å². The number of methoxy groups -OCH3 is 1. The first-order valence-corrected chi connectivity index (χ1v) is 6.14. The molecule has 0 aromatic rings. The number of rotatable bonds is 7. The molecule has 1 aliphatic rings. The van der Waals surface area contributed by atoms with Gasteiger partial charge in [-0.1, -0.05) is 6.92 Å². The Morgan fingerprint density at radius 3 is 3.06 bits per heavy atom. The summed E-state index contributed by atoms with van der Waals surface area (Å²) in [6, 6.07) is 2.30. The molecule has 4 heteroatoms. The van der Waals surface area contributed by atoms with Crippen LogP contribution in [-0.4, -0.2) is 50.8 Å². The maximum absolute atomic E-state index is 9.02. The van der Waals surface area contributed by atoms with Crippen LogP contribution < -0.4 is 5.32 Å². The summed E-state index contributed by atoms with van der Waals surface area (Å²) in [5, 5.41) is 12.3. The smallest absolute Gasteiger partial charge is 0.108 e. The molecule has 16 heavy (non-hydrogen) atoms. The monoisotopic (exact) mass is 225 g/mol. The van der Waals surface area contributed by atoms with Gasteiger partial charge in [-0.3, -0.25) is 0 Å². The van der Waals surface area contributed by atoms with Gasteiger partial charge in [0.05, 0.1) is 12.7 Å². The fourth-order valence-electron chi connectivity index (χ4n) is 2.18. The first-order valence-electron chi connectivity index (χ1n) is 6.14. The minimum Gasteiger partial charge on any atom is -0.384 e. The second-order valence-electron chi connectivity index (χ2n) is 4.51. The molecule has 4 nitrogen and oxygen atoms in total. The minimum absolute atomic E-state index is 0.0266. The number of ether oxygens (including phenoxy) is 1. The van der Waals surface area contributed by atoms with Crippen molar-refractivity contribution >= 4 is 0 Å². The van der Waals surface area contributed by atoms with E-state index in [2.05, 4.69) is 23.2 Å². The second-order valence-corrected chi connectivity index (χ2v) is 4.51. The predicted molar refractivity (Wildman–Crippen MR) is 64.1 cm³/mol. The Hall–Kier alpha value is -0.630. The Morgan fingerprint density at radius 2 is 2.44 bits per heavy atom. The molecule has 0 aromatic heterocycles. The van der Waals surface area contributed by atoms with Crippen LogP contribution in [0.2, 0.25) is 0 Å². The molecule has 0 amide bonds. The van der Waals surface area contributed by atoms with E-state index in [9.17, 15) is 0 Å². The molecule has 1 N–H and O–H groups in total. The van der Waals surface area contributed by atoms with Gasteiger partial charge in [0, 0.05) is 20.2 Å². The lowest BCUT2D eigenvalue weighted by molar-refractivity contribution is 0.152. The molecule has 1 aliphatic heterocycles. The van der Waals surface area contributed by atoms with Gasteiger partial charge in [-0.05, 0) is 31.8 Å². The van der Waals surface area contributed by atoms with Crippen LogP contribution >= 0.6 is 0 Å². The molecule has 0 saturated carbocycles. The lowest BCUT2D eigenvalue weighted by atomic mass is 10.1. The van der Waals surface area contributed by atoms with Crippen LogP contribution in [0.5, 0.6) is 0 Å². The van der Waals surface area contributed by atoms with E-state index in [0.29, 0.717) is 5.92 Å². The number of nitriles is 1. The van der Waals surface area contributed by atoms with Crippen molar-refractivity contribution in [2.45, 2.75) is 25.8 Å². The van der Waals surface area contributed by atoms with Crippen LogP contribution in [0.3, 0.4) is 0 Å². The van der Waals surface area contributed by atoms with Crippen molar-refractivity contribution in [2.75, 3.05) is 39.9 Å². The Bertz CT molecular complexity index is 227. The van der Waals surface area contributed by atoms with Crippen molar-refractivity contribution < 1.29 is 4.74 Å². The molecule has 0 bridgehead atoms. The van der Waals surface area contributed by atoms with E-state index in [-0.39, 0.29) is 6.04 Å². The lowest BCUT2D eigenvalue weighted by Crippen LogP contribution is -2.39. The summed E-state index contributed by atoms with van der Waals surface area (Å²) in [5.74, 6) is 0.649. The Labute approximate surface area is 98.6 Å². The molecule has 1 heterocycles. The number of hydrogen-bond acceptors (Lipinski definition) is 4. The molecule has 1 fully saturated rings. The van der Waals surface area contributed by atoms with Gasteiger partial charge in [-0.2, -0.15) is 5.26 Å². The highest BCUT2D eigenvalue weighted by atomic mass is 16.5. The van der Waals surface area contributed by atoms with Gasteiger partial charge >= 0.3 is 0 Å². The van der Waals surface area contributed by atoms with Gasteiger partial charge in [0.2, 0.25) is 0 Å². The Kier molecular flexibility index (Phi) is 6.39. The molecule has 0 radical (unpaired) electrons. The summed E-state index contributed by atoms with van der Waals surface area (Å²) in [6.07, 6.45) is 2.27. The van der Waals surface area contributed by atoms with Gasteiger partial charge in [-0.15, -0.1) is 0 Å². The molecule has 0 spiro atoms. The van der Waals surface area contributed by atoms with Crippen molar-refractivity contribution in [3.8, 4) is 6.07 Å². The van der Waals surface area contributed by atoms with Crippen molar-refractivity contribution in [1.29, 1.82) is 5.26 Å². The standard InChI is InChI=1S/C12H23N3O/c1-3-5-14-12(7-13)9-15-6-4-11(8-15)10-16-2/h11-12,14H,3-6,8-10H2,1-2H3. The third-order valence-electron chi connectivity index (χ3n) is 3.01. The van der Waals surface area contributed by atoms with E-state index in [4.69, 9.17) is 10.00 Å². The van der Waals surface area contributed by atoms with Crippen molar-refractivity contribution in [2.24, 2.45) is 5.92 Å². The summed E-state index contributed by atoms with van der Waals surface area (Å²) in [5.41, 5.74) is 0. The number of hydrogen-bond donors (Lipinski definition) is 1. The summed E-state index contributed by atoms with van der Waals surface area (Å²) in [7, 11) is 1.75. The van der Waals surface area contributed by atoms with Crippen LogP contribution in [0, 0.1) is 17.2 Å². The average molecular weight is 225 g/mol. The third-order valence-corrected chi connectivity index (χ3v) is 3.01. The van der Waals surface area contributed by atoms with Crippen LogP contribution in [0.1, 0.15) is 19.8 Å². The zero-order valence-electron chi connectivity index (χ0n) is 10.4. The first-order chi connectivity index (χ1) is 7.80. The molecular weight excluding hydrogens is 202 g/mol. The number of nitrogens with one attached hydrogen (secondary N) is 1. The molecular formula is C12H23N3O. The summed E-state index contributed by atoms with van der Waals surface area (Å²) >= 11 is 0. The average Bonchev–Trinajstić information content (AvgIpc) is 2.72. The van der Waals surface area contributed by atoms with E-state index in [1.54, 1.807) is 7.11 Å². The predicted octanol–water partition coefficient (Wildman–Crippen LogP) is 0.846. The van der Waals surface area contributed by atoms with Gasteiger partial charge in [0.1, 0.15) is 6.04 Å². The highest BCUT2D eigenvalue weighted by molar-refractivity contribution is 4.93. The zero-order valence-corrected chi connectivity index (χ0v) is 10.4. The number of likely N-dealkylation sites (tertiary alicyclic amines) is 1. The molecule has 0 aliphatic carbocycles. The SMILES string of the molecule is CCCNC(C#N)CN1CCC(COC)C1. The first kappa shape index (κ1) is 13.4. The highest BCUT2D eigenvalue weighted by Crippen LogP contribution is 2.16. The minimum atomic E-state index is -0.0266. The quantitative estimate of drug-likeness (QED) is 0.698. The van der Waals surface area contributed by atoms with E-state index < -0.39 is 0 Å². The van der Waals surface area contributed by atoms with E-state index in [0.717, 1.165) is 39.2 Å². The zero-order chi connectivity index (χ0) is 11.8. The molecule has 1 saturated heterocycles. The van der Waals surface area contributed by atoms with Gasteiger partial charge < -0.3 is 15.0 Å². The maximum atomic E-state index is 9.02. The lowest BCUT2D eigenvalue weighted by Gasteiger charge is -2.19. The highest BCUT2D eigenvalue weighted by Gasteiger charge is 2.24. The third kappa shape index (κ3) is 4.48. The maximum Gasteiger partial charge on any atom is 0.108 e. The van der Waals surface area contributed by atoms with Crippen molar-refractivity contribution in [3.05, 3.63) is 0 Å². The summed E-state index contributed by atoms with van der Waals surface area (Å²) in [6.45, 7) is 6.89. The summed E-state index contributed by atoms with van der Waals surface area (Å²) < 4.78 is 5.16. The fraction of sp³-hybridized carbons (Fsp3) is 0.917. The van der Waals surface area contributed by atoms with Gasteiger partial charge in [0.25, 0.3) is 0 Å². The molecule has 2 unspecified atom stereocenters. The van der Waals surface area contributed by atoms with Gasteiger partial charge in [0.15, 0.2) is 0 Å². The fourth-order valence-corrected chi connectivity index (χ4v) is 2.18. The van der Waals surface area contributed by atoms with Crippen LogP contribution in [0.4, 0.5) is 0 Å². The largest absolute Gasteiger partial charge is 0.384 e. The van der Waals surface area contributed by atoms with Crippen molar-refractivity contribution in [1.82, 2.24) is 10.2 Å². The van der Waals surface area contributed by atoms with Gasteiger partial charge in [-0.25, -0.2) is 0 Å². The number of nitrogens with zero attached hydrogens (tertiary/aromatic N) is 2. The van der Waals surface area contributed by atoms with Crippen LogP contribution in [0.25, 0.3) is 0 Å². The van der Waals surface area contributed by atoms with E-state index >= 15 is 0 Å².